The number of hydrogen-bond acceptors (Lipinski definition) is 6. The molecule has 3 aromatic rings. The largest absolute Gasteiger partial charge is 0.496 e. The summed E-state index contributed by atoms with van der Waals surface area (Å²) in [4.78, 5) is 39.8. The minimum absolute atomic E-state index is 0.0823. The highest BCUT2D eigenvalue weighted by atomic mass is 35.5. The molecule has 11 heteroatoms. The zero-order chi connectivity index (χ0) is 32.1. The number of nitrogens with one attached hydrogen (secondary N) is 2. The number of carboxylic acids is 1. The highest BCUT2D eigenvalue weighted by molar-refractivity contribution is 6.32. The second-order valence-electron chi connectivity index (χ2n) is 11.5. The first-order valence-corrected chi connectivity index (χ1v) is 15.1. The third-order valence-electron chi connectivity index (χ3n) is 7.27. The molecule has 1 aliphatic rings. The second-order valence-corrected chi connectivity index (χ2v) is 12.4. The summed E-state index contributed by atoms with van der Waals surface area (Å²) in [6, 6.07) is 17.1. The van der Waals surface area contributed by atoms with Crippen molar-refractivity contribution in [1.29, 1.82) is 0 Å². The Morgan fingerprint density at radius 3 is 2.36 bits per heavy atom. The van der Waals surface area contributed by atoms with Crippen molar-refractivity contribution in [2.24, 2.45) is 0 Å². The number of aromatic carboxylic acids is 1. The molecule has 1 unspecified atom stereocenters. The molecule has 3 N–H and O–H groups in total. The standard InChI is InChI=1S/C33H37Cl2N3O6/c1-32(2,3)44-31(42)36-16-8-5-9-17-37-33(24-10-6-7-11-26(24)35)25-19-23(34)14-15-27(25)38(30(33)41)20-22-13-12-21(29(39)40)18-28(22)43-4/h6-7,10-15,18-19,37H,5,8-9,16-17,20H2,1-4H3,(H,36,42)(H,39,40). The number of fused-ring (bicyclic) bond motifs is 1. The summed E-state index contributed by atoms with van der Waals surface area (Å²) >= 11 is 13.3. The molecule has 234 valence electrons. The lowest BCUT2D eigenvalue weighted by Gasteiger charge is -2.32. The van der Waals surface area contributed by atoms with Crippen LogP contribution in [0, 0.1) is 0 Å². The van der Waals surface area contributed by atoms with Crippen molar-refractivity contribution in [3.8, 4) is 5.75 Å². The molecule has 0 spiro atoms. The van der Waals surface area contributed by atoms with Crippen LogP contribution >= 0.6 is 23.2 Å². The minimum atomic E-state index is -1.33. The molecular formula is C33H37Cl2N3O6. The number of nitrogens with zero attached hydrogens (tertiary/aromatic N) is 1. The zero-order valence-corrected chi connectivity index (χ0v) is 26.7. The number of hydrogen-bond donors (Lipinski definition) is 3. The van der Waals surface area contributed by atoms with E-state index in [1.54, 1.807) is 35.2 Å². The molecule has 0 aromatic heterocycles. The average Bonchev–Trinajstić information content (AvgIpc) is 3.18. The van der Waals surface area contributed by atoms with Crippen molar-refractivity contribution in [2.45, 2.75) is 57.7 Å². The van der Waals surface area contributed by atoms with Crippen molar-refractivity contribution >= 4 is 46.9 Å². The number of carbonyl (C=O) groups excluding carboxylic acids is 2. The van der Waals surface area contributed by atoms with Crippen LogP contribution in [0.15, 0.2) is 60.7 Å². The van der Waals surface area contributed by atoms with Crippen LogP contribution in [0.2, 0.25) is 10.0 Å². The fraction of sp³-hybridized carbons (Fsp3) is 0.364. The number of carboxylic acid groups (broad SMARTS) is 1. The number of methoxy groups -OCH3 is 1. The number of amides is 2. The minimum Gasteiger partial charge on any atom is -0.496 e. The van der Waals surface area contributed by atoms with E-state index in [-0.39, 0.29) is 18.0 Å². The summed E-state index contributed by atoms with van der Waals surface area (Å²) < 4.78 is 10.8. The maximum absolute atomic E-state index is 14.6. The van der Waals surface area contributed by atoms with E-state index in [4.69, 9.17) is 32.7 Å². The summed E-state index contributed by atoms with van der Waals surface area (Å²) in [7, 11) is 1.46. The van der Waals surface area contributed by atoms with Gasteiger partial charge in [0.15, 0.2) is 5.54 Å². The van der Waals surface area contributed by atoms with Crippen molar-refractivity contribution in [3.05, 3.63) is 93.0 Å². The van der Waals surface area contributed by atoms with Crippen LogP contribution in [0.5, 0.6) is 5.75 Å². The molecular weight excluding hydrogens is 605 g/mol. The first-order valence-electron chi connectivity index (χ1n) is 14.4. The summed E-state index contributed by atoms with van der Waals surface area (Å²) in [6.07, 6.45) is 1.78. The van der Waals surface area contributed by atoms with Crippen molar-refractivity contribution in [3.63, 3.8) is 0 Å². The van der Waals surface area contributed by atoms with Gasteiger partial charge in [-0.3, -0.25) is 10.1 Å². The maximum Gasteiger partial charge on any atom is 0.407 e. The fourth-order valence-corrected chi connectivity index (χ4v) is 5.76. The van der Waals surface area contributed by atoms with Gasteiger partial charge in [-0.05, 0) is 76.6 Å². The lowest BCUT2D eigenvalue weighted by Crippen LogP contribution is -2.52. The molecule has 0 radical (unpaired) electrons. The molecule has 9 nitrogen and oxygen atoms in total. The van der Waals surface area contributed by atoms with Gasteiger partial charge in [-0.2, -0.15) is 0 Å². The van der Waals surface area contributed by atoms with E-state index in [0.29, 0.717) is 51.3 Å². The normalized spacial score (nSPS) is 16.0. The van der Waals surface area contributed by atoms with Gasteiger partial charge in [-0.25, -0.2) is 9.59 Å². The van der Waals surface area contributed by atoms with Crippen molar-refractivity contribution in [2.75, 3.05) is 25.1 Å². The van der Waals surface area contributed by atoms with Gasteiger partial charge in [-0.15, -0.1) is 0 Å². The molecule has 3 aromatic carbocycles. The number of anilines is 1. The quantitative estimate of drug-likeness (QED) is 0.187. The molecule has 0 aliphatic carbocycles. The fourth-order valence-electron chi connectivity index (χ4n) is 5.31. The van der Waals surface area contributed by atoms with Crippen LogP contribution in [-0.2, 0) is 21.6 Å². The molecule has 1 heterocycles. The Balaban J connectivity index is 1.60. The van der Waals surface area contributed by atoms with Crippen molar-refractivity contribution < 1.29 is 29.0 Å². The molecule has 44 heavy (non-hydrogen) atoms. The Labute approximate surface area is 267 Å². The molecule has 0 bridgehead atoms. The first-order chi connectivity index (χ1) is 20.9. The first kappa shape index (κ1) is 33.1. The van der Waals surface area contributed by atoms with E-state index in [1.807, 2.05) is 39.0 Å². The van der Waals surface area contributed by atoms with E-state index in [9.17, 15) is 19.5 Å². The average molecular weight is 643 g/mol. The lowest BCUT2D eigenvalue weighted by atomic mass is 9.83. The monoisotopic (exact) mass is 641 g/mol. The van der Waals surface area contributed by atoms with Gasteiger partial charge in [0.25, 0.3) is 5.91 Å². The zero-order valence-electron chi connectivity index (χ0n) is 25.2. The smallest absolute Gasteiger partial charge is 0.407 e. The Kier molecular flexibility index (Phi) is 10.4. The Morgan fingerprint density at radius 2 is 1.68 bits per heavy atom. The lowest BCUT2D eigenvalue weighted by molar-refractivity contribution is -0.123. The maximum atomic E-state index is 14.6. The van der Waals surface area contributed by atoms with Gasteiger partial charge in [0.05, 0.1) is 24.9 Å². The van der Waals surface area contributed by atoms with Crippen molar-refractivity contribution in [1.82, 2.24) is 10.6 Å². The van der Waals surface area contributed by atoms with E-state index < -0.39 is 23.2 Å². The predicted octanol–water partition coefficient (Wildman–Crippen LogP) is 6.78. The number of halogens is 2. The van der Waals surface area contributed by atoms with Gasteiger partial charge in [-0.1, -0.05) is 53.9 Å². The van der Waals surface area contributed by atoms with Crippen LogP contribution in [-0.4, -0.2) is 48.9 Å². The number of unbranched alkanes of at least 4 members (excludes halogenated alkanes) is 2. The van der Waals surface area contributed by atoms with Gasteiger partial charge < -0.3 is 24.8 Å². The molecule has 4 rings (SSSR count). The third-order valence-corrected chi connectivity index (χ3v) is 7.84. The van der Waals surface area contributed by atoms with Gasteiger partial charge in [0.2, 0.25) is 0 Å². The van der Waals surface area contributed by atoms with Crippen LogP contribution in [0.25, 0.3) is 0 Å². The van der Waals surface area contributed by atoms with Gasteiger partial charge in [0, 0.05) is 33.3 Å². The highest BCUT2D eigenvalue weighted by Gasteiger charge is 2.53. The summed E-state index contributed by atoms with van der Waals surface area (Å²) in [5.74, 6) is -0.968. The SMILES string of the molecule is COc1cc(C(=O)O)ccc1CN1C(=O)C(NCCCCCNC(=O)OC(C)(C)C)(c2ccccc2Cl)c2cc(Cl)ccc21. The summed E-state index contributed by atoms with van der Waals surface area (Å²) in [6.45, 7) is 6.51. The number of ether oxygens (including phenoxy) is 2. The molecule has 0 saturated heterocycles. The van der Waals surface area contributed by atoms with Crippen LogP contribution in [0.4, 0.5) is 10.5 Å². The predicted molar refractivity (Wildman–Crippen MR) is 171 cm³/mol. The number of alkyl carbamates (subject to hydrolysis) is 1. The second kappa shape index (κ2) is 13.9. The van der Waals surface area contributed by atoms with E-state index in [2.05, 4.69) is 10.6 Å². The van der Waals surface area contributed by atoms with E-state index in [0.717, 1.165) is 19.3 Å². The van der Waals surface area contributed by atoms with E-state index in [1.165, 1.54) is 19.2 Å². The summed E-state index contributed by atoms with van der Waals surface area (Å²) in [5, 5.41) is 16.6. The Hall–Kier alpha value is -3.79. The van der Waals surface area contributed by atoms with Crippen LogP contribution in [0.1, 0.15) is 67.1 Å². The number of carbonyl (C=O) groups is 3. The molecule has 0 fully saturated rings. The molecule has 1 aliphatic heterocycles. The Morgan fingerprint density at radius 1 is 0.955 bits per heavy atom. The number of benzene rings is 3. The number of rotatable bonds is 12. The van der Waals surface area contributed by atoms with Gasteiger partial charge >= 0.3 is 12.1 Å². The van der Waals surface area contributed by atoms with Crippen LogP contribution in [0.3, 0.4) is 0 Å². The van der Waals surface area contributed by atoms with Crippen LogP contribution < -0.4 is 20.3 Å². The third kappa shape index (κ3) is 7.29. The Bertz CT molecular complexity index is 1540. The molecule has 1 atom stereocenters. The summed E-state index contributed by atoms with van der Waals surface area (Å²) in [5.41, 5.74) is 0.737. The highest BCUT2D eigenvalue weighted by Crippen LogP contribution is 2.48. The molecule has 2 amide bonds. The van der Waals surface area contributed by atoms with Gasteiger partial charge in [0.1, 0.15) is 11.4 Å². The topological polar surface area (TPSA) is 117 Å². The molecule has 0 saturated carbocycles. The van der Waals surface area contributed by atoms with E-state index >= 15 is 0 Å².